The smallest absolute Gasteiger partial charge is 0.307 e. The van der Waals surface area contributed by atoms with E-state index < -0.39 is 5.97 Å². The summed E-state index contributed by atoms with van der Waals surface area (Å²) in [7, 11) is 0. The summed E-state index contributed by atoms with van der Waals surface area (Å²) < 4.78 is 0. The minimum atomic E-state index is -0.901. The number of carboxylic acids is 1. The molecule has 2 aromatic carbocycles. The normalized spacial score (nSPS) is 11.0. The Kier molecular flexibility index (Phi) is 5.00. The second-order valence-electron chi connectivity index (χ2n) is 6.28. The predicted molar refractivity (Wildman–Crippen MR) is 112 cm³/mol. The molecule has 2 aromatic heterocycles. The van der Waals surface area contributed by atoms with E-state index in [1.54, 1.807) is 48.7 Å². The first kappa shape index (κ1) is 19.0. The van der Waals surface area contributed by atoms with Gasteiger partial charge in [-0.3, -0.25) is 4.79 Å². The highest BCUT2D eigenvalue weighted by molar-refractivity contribution is 6.39. The predicted octanol–water partition coefficient (Wildman–Crippen LogP) is 5.01. The SMILES string of the molecule is O=C(O)Cc1ccc(Nc2nc(-c3c(Cl)cccc3Cl)nc3c[nH]c(O)c23)cc1. The van der Waals surface area contributed by atoms with Crippen molar-refractivity contribution in [3.63, 3.8) is 0 Å². The van der Waals surface area contributed by atoms with Gasteiger partial charge in [0.1, 0.15) is 11.2 Å². The molecule has 0 bridgehead atoms. The molecule has 9 heteroatoms. The maximum Gasteiger partial charge on any atom is 0.307 e. The van der Waals surface area contributed by atoms with E-state index in [1.807, 2.05) is 0 Å². The number of nitrogens with one attached hydrogen (secondary N) is 2. The second kappa shape index (κ2) is 7.62. The van der Waals surface area contributed by atoms with Crippen LogP contribution >= 0.6 is 23.2 Å². The molecule has 4 rings (SSSR count). The van der Waals surface area contributed by atoms with Gasteiger partial charge in [-0.1, -0.05) is 41.4 Å². The van der Waals surface area contributed by atoms with Crippen molar-refractivity contribution in [2.75, 3.05) is 5.32 Å². The fraction of sp³-hybridized carbons (Fsp3) is 0.0500. The summed E-state index contributed by atoms with van der Waals surface area (Å²) in [6.07, 6.45) is 1.49. The maximum atomic E-state index is 10.8. The molecule has 0 atom stereocenters. The summed E-state index contributed by atoms with van der Waals surface area (Å²) >= 11 is 12.6. The average molecular weight is 429 g/mol. The molecular formula is C20H14Cl2N4O3. The van der Waals surface area contributed by atoms with Gasteiger partial charge in [-0.05, 0) is 29.8 Å². The summed E-state index contributed by atoms with van der Waals surface area (Å²) in [4.78, 5) is 22.6. The van der Waals surface area contributed by atoms with Crippen LogP contribution in [0.15, 0.2) is 48.7 Å². The van der Waals surface area contributed by atoms with Crippen molar-refractivity contribution in [3.8, 4) is 17.3 Å². The Labute approximate surface area is 175 Å². The Balaban J connectivity index is 1.79. The first-order valence-electron chi connectivity index (χ1n) is 8.52. The van der Waals surface area contributed by atoms with Crippen molar-refractivity contribution in [1.82, 2.24) is 15.0 Å². The van der Waals surface area contributed by atoms with Crippen LogP contribution in [0.2, 0.25) is 10.0 Å². The van der Waals surface area contributed by atoms with Gasteiger partial charge in [-0.25, -0.2) is 9.97 Å². The number of halogens is 2. The first-order chi connectivity index (χ1) is 13.9. The fourth-order valence-electron chi connectivity index (χ4n) is 2.96. The molecule has 0 aliphatic heterocycles. The number of aromatic hydroxyl groups is 1. The van der Waals surface area contributed by atoms with E-state index in [-0.39, 0.29) is 12.3 Å². The average Bonchev–Trinajstić information content (AvgIpc) is 3.04. The van der Waals surface area contributed by atoms with E-state index in [1.165, 1.54) is 0 Å². The Bertz CT molecular complexity index is 1200. The van der Waals surface area contributed by atoms with E-state index in [2.05, 4.69) is 20.3 Å². The Hall–Kier alpha value is -3.29. The van der Waals surface area contributed by atoms with Gasteiger partial charge in [0.15, 0.2) is 5.82 Å². The largest absolute Gasteiger partial charge is 0.494 e. The summed E-state index contributed by atoms with van der Waals surface area (Å²) in [5.41, 5.74) is 2.30. The molecule has 0 amide bonds. The Morgan fingerprint density at radius 3 is 2.41 bits per heavy atom. The third-order valence-electron chi connectivity index (χ3n) is 4.28. The lowest BCUT2D eigenvalue weighted by molar-refractivity contribution is -0.136. The zero-order valence-electron chi connectivity index (χ0n) is 14.8. The number of aromatic nitrogens is 3. The molecule has 0 unspecified atom stereocenters. The highest BCUT2D eigenvalue weighted by atomic mass is 35.5. The van der Waals surface area contributed by atoms with Gasteiger partial charge >= 0.3 is 5.97 Å². The van der Waals surface area contributed by atoms with Crippen molar-refractivity contribution in [2.45, 2.75) is 6.42 Å². The molecule has 4 aromatic rings. The molecule has 29 heavy (non-hydrogen) atoms. The highest BCUT2D eigenvalue weighted by Gasteiger charge is 2.18. The molecule has 0 spiro atoms. The van der Waals surface area contributed by atoms with Crippen molar-refractivity contribution < 1.29 is 15.0 Å². The lowest BCUT2D eigenvalue weighted by Gasteiger charge is -2.11. The number of benzene rings is 2. The number of aliphatic carboxylic acids is 1. The number of H-pyrrole nitrogens is 1. The zero-order chi connectivity index (χ0) is 20.5. The lowest BCUT2D eigenvalue weighted by Crippen LogP contribution is -2.01. The monoisotopic (exact) mass is 428 g/mol. The summed E-state index contributed by atoms with van der Waals surface area (Å²) in [6, 6.07) is 12.0. The van der Waals surface area contributed by atoms with Crippen LogP contribution in [0.5, 0.6) is 5.88 Å². The molecule has 0 aliphatic carbocycles. The minimum Gasteiger partial charge on any atom is -0.494 e. The van der Waals surface area contributed by atoms with Gasteiger partial charge in [0.2, 0.25) is 5.88 Å². The third-order valence-corrected chi connectivity index (χ3v) is 4.91. The molecule has 0 radical (unpaired) electrons. The zero-order valence-corrected chi connectivity index (χ0v) is 16.3. The number of carbonyl (C=O) groups is 1. The summed E-state index contributed by atoms with van der Waals surface area (Å²) in [6.45, 7) is 0. The van der Waals surface area contributed by atoms with Crippen LogP contribution in [-0.4, -0.2) is 31.1 Å². The first-order valence-corrected chi connectivity index (χ1v) is 9.28. The number of anilines is 2. The molecule has 4 N–H and O–H groups in total. The molecule has 7 nitrogen and oxygen atoms in total. The van der Waals surface area contributed by atoms with Crippen LogP contribution in [0.4, 0.5) is 11.5 Å². The van der Waals surface area contributed by atoms with Gasteiger partial charge < -0.3 is 20.5 Å². The van der Waals surface area contributed by atoms with E-state index >= 15 is 0 Å². The molecule has 0 aliphatic rings. The van der Waals surface area contributed by atoms with E-state index in [0.29, 0.717) is 49.4 Å². The maximum absolute atomic E-state index is 10.8. The van der Waals surface area contributed by atoms with Crippen LogP contribution in [0.3, 0.4) is 0 Å². The number of rotatable bonds is 5. The topological polar surface area (TPSA) is 111 Å². The summed E-state index contributed by atoms with van der Waals surface area (Å²) in [5.74, 6) is -0.327. The van der Waals surface area contributed by atoms with Crippen molar-refractivity contribution in [1.29, 1.82) is 0 Å². The van der Waals surface area contributed by atoms with Crippen molar-refractivity contribution >= 4 is 51.6 Å². The van der Waals surface area contributed by atoms with E-state index in [9.17, 15) is 9.90 Å². The third kappa shape index (κ3) is 3.83. The van der Waals surface area contributed by atoms with Gasteiger partial charge in [-0.2, -0.15) is 0 Å². The van der Waals surface area contributed by atoms with Crippen LogP contribution in [0.25, 0.3) is 22.3 Å². The molecular weight excluding hydrogens is 415 g/mol. The Morgan fingerprint density at radius 1 is 1.07 bits per heavy atom. The fourth-order valence-corrected chi connectivity index (χ4v) is 3.52. The number of hydrogen-bond donors (Lipinski definition) is 4. The highest BCUT2D eigenvalue weighted by Crippen LogP contribution is 2.37. The minimum absolute atomic E-state index is 0.0637. The van der Waals surface area contributed by atoms with Crippen LogP contribution < -0.4 is 5.32 Å². The molecule has 0 fully saturated rings. The molecule has 2 heterocycles. The van der Waals surface area contributed by atoms with Crippen molar-refractivity contribution in [2.24, 2.45) is 0 Å². The number of nitrogens with zero attached hydrogens (tertiary/aromatic N) is 2. The number of hydrogen-bond acceptors (Lipinski definition) is 5. The van der Waals surface area contributed by atoms with Crippen molar-refractivity contribution in [3.05, 3.63) is 64.3 Å². The summed E-state index contributed by atoms with van der Waals surface area (Å²) in [5, 5.41) is 23.4. The van der Waals surface area contributed by atoms with Crippen LogP contribution in [0, 0.1) is 0 Å². The molecule has 146 valence electrons. The molecule has 0 saturated heterocycles. The van der Waals surface area contributed by atoms with Crippen LogP contribution in [-0.2, 0) is 11.2 Å². The number of carboxylic acid groups (broad SMARTS) is 1. The van der Waals surface area contributed by atoms with Gasteiger partial charge in [0.25, 0.3) is 0 Å². The standard InChI is InChI=1S/C20H14Cl2N4O3/c21-12-2-1-3-13(22)16(12)18-25-14-9-23-20(29)17(14)19(26-18)24-11-6-4-10(5-7-11)8-15(27)28/h1-7,9,23,29H,8H2,(H,27,28)(H,24,25,26). The number of aromatic amines is 1. The van der Waals surface area contributed by atoms with Gasteiger partial charge in [0, 0.05) is 11.9 Å². The van der Waals surface area contributed by atoms with Crippen LogP contribution in [0.1, 0.15) is 5.56 Å². The van der Waals surface area contributed by atoms with Gasteiger partial charge in [-0.15, -0.1) is 0 Å². The number of fused-ring (bicyclic) bond motifs is 1. The quantitative estimate of drug-likeness (QED) is 0.355. The lowest BCUT2D eigenvalue weighted by atomic mass is 10.1. The second-order valence-corrected chi connectivity index (χ2v) is 7.10. The van der Waals surface area contributed by atoms with E-state index in [0.717, 1.165) is 0 Å². The Morgan fingerprint density at radius 2 is 1.76 bits per heavy atom. The van der Waals surface area contributed by atoms with E-state index in [4.69, 9.17) is 28.3 Å². The molecule has 0 saturated carbocycles. The van der Waals surface area contributed by atoms with Gasteiger partial charge in [0.05, 0.1) is 27.5 Å².